The van der Waals surface area contributed by atoms with Crippen LogP contribution in [0.4, 0.5) is 0 Å². The highest BCUT2D eigenvalue weighted by molar-refractivity contribution is 5.40. The lowest BCUT2D eigenvalue weighted by atomic mass is 10.1. The van der Waals surface area contributed by atoms with Crippen LogP contribution >= 0.6 is 0 Å². The number of piperazine rings is 1. The van der Waals surface area contributed by atoms with Crippen molar-refractivity contribution in [2.45, 2.75) is 6.92 Å². The molecule has 78 valence electrons. The molecule has 1 heterocycles. The lowest BCUT2D eigenvalue weighted by molar-refractivity contribution is 0.342. The Morgan fingerprint density at radius 2 is 1.93 bits per heavy atom. The molecule has 0 atom stereocenters. The minimum atomic E-state index is 1.03. The zero-order chi connectivity index (χ0) is 10.5. The molecular weight excluding hydrogens is 184 g/mol. The van der Waals surface area contributed by atoms with Gasteiger partial charge in [0.1, 0.15) is 0 Å². The Hall–Kier alpha value is -1.46. The van der Waals surface area contributed by atoms with E-state index >= 15 is 0 Å². The normalized spacial score (nSPS) is 15.7. The molecule has 0 spiro atoms. The number of aryl methyl sites for hydroxylation is 1. The second kappa shape index (κ2) is 4.86. The van der Waals surface area contributed by atoms with Crippen molar-refractivity contribution in [3.05, 3.63) is 35.4 Å². The molecule has 2 rings (SSSR count). The highest BCUT2D eigenvalue weighted by Gasteiger charge is 2.04. The highest BCUT2D eigenvalue weighted by atomic mass is 15.2. The monoisotopic (exact) mass is 200 g/mol. The summed E-state index contributed by atoms with van der Waals surface area (Å²) in [5.41, 5.74) is 2.39. The van der Waals surface area contributed by atoms with E-state index < -0.39 is 0 Å². The third-order valence-corrected chi connectivity index (χ3v) is 2.61. The van der Waals surface area contributed by atoms with Gasteiger partial charge in [-0.1, -0.05) is 18.2 Å². The second-order valence-electron chi connectivity index (χ2n) is 3.79. The molecule has 1 aromatic carbocycles. The summed E-state index contributed by atoms with van der Waals surface area (Å²) in [5, 5.41) is 3.31. The predicted molar refractivity (Wildman–Crippen MR) is 62.5 cm³/mol. The molecule has 0 aromatic heterocycles. The van der Waals surface area contributed by atoms with Crippen LogP contribution in [0.15, 0.2) is 24.3 Å². The fourth-order valence-corrected chi connectivity index (χ4v) is 1.63. The van der Waals surface area contributed by atoms with Crippen molar-refractivity contribution in [3.63, 3.8) is 0 Å². The van der Waals surface area contributed by atoms with Crippen molar-refractivity contribution >= 4 is 0 Å². The first kappa shape index (κ1) is 10.1. The molecule has 0 saturated carbocycles. The fraction of sp³-hybridized carbons (Fsp3) is 0.385. The number of nitrogens with zero attached hydrogens (tertiary/aromatic N) is 1. The van der Waals surface area contributed by atoms with E-state index in [-0.39, 0.29) is 0 Å². The molecule has 2 nitrogen and oxygen atoms in total. The molecule has 0 radical (unpaired) electrons. The van der Waals surface area contributed by atoms with Crippen LogP contribution < -0.4 is 5.32 Å². The largest absolute Gasteiger partial charge is 0.330 e. The van der Waals surface area contributed by atoms with Crippen molar-refractivity contribution in [1.82, 2.24) is 10.2 Å². The summed E-state index contributed by atoms with van der Waals surface area (Å²) in [7, 11) is 0. The number of hydrogen-bond donors (Lipinski definition) is 1. The molecule has 1 N–H and O–H groups in total. The zero-order valence-electron chi connectivity index (χ0n) is 9.09. The quantitative estimate of drug-likeness (QED) is 0.633. The Balaban J connectivity index is 2.07. The summed E-state index contributed by atoms with van der Waals surface area (Å²) in [6.07, 6.45) is 0. The van der Waals surface area contributed by atoms with E-state index in [1.807, 2.05) is 12.1 Å². The van der Waals surface area contributed by atoms with Gasteiger partial charge in [-0.05, 0) is 24.5 Å². The molecule has 0 bridgehead atoms. The maximum atomic E-state index is 3.31. The SMILES string of the molecule is Cc1ccccc1C#CN1CCNCC1. The molecule has 1 fully saturated rings. The molecular formula is C13H16N2. The Bertz CT molecular complexity index is 381. The molecule has 1 aliphatic rings. The van der Waals surface area contributed by atoms with Crippen molar-refractivity contribution in [1.29, 1.82) is 0 Å². The third-order valence-electron chi connectivity index (χ3n) is 2.61. The van der Waals surface area contributed by atoms with Gasteiger partial charge in [-0.15, -0.1) is 0 Å². The maximum Gasteiger partial charge on any atom is 0.0386 e. The van der Waals surface area contributed by atoms with E-state index in [4.69, 9.17) is 0 Å². The minimum absolute atomic E-state index is 1.03. The molecule has 1 aliphatic heterocycles. The predicted octanol–water partition coefficient (Wildman–Crippen LogP) is 1.21. The fourth-order valence-electron chi connectivity index (χ4n) is 1.63. The number of rotatable bonds is 0. The first-order valence-electron chi connectivity index (χ1n) is 5.39. The highest BCUT2D eigenvalue weighted by Crippen LogP contribution is 2.04. The summed E-state index contributed by atoms with van der Waals surface area (Å²) < 4.78 is 0. The van der Waals surface area contributed by atoms with E-state index in [0.29, 0.717) is 0 Å². The van der Waals surface area contributed by atoms with Crippen molar-refractivity contribution in [3.8, 4) is 12.0 Å². The van der Waals surface area contributed by atoms with Gasteiger partial charge in [0.05, 0.1) is 0 Å². The van der Waals surface area contributed by atoms with Crippen LogP contribution in [-0.4, -0.2) is 31.1 Å². The van der Waals surface area contributed by atoms with Crippen molar-refractivity contribution in [2.75, 3.05) is 26.2 Å². The average Bonchev–Trinajstić information content (AvgIpc) is 2.29. The maximum absolute atomic E-state index is 3.31. The second-order valence-corrected chi connectivity index (χ2v) is 3.79. The number of hydrogen-bond acceptors (Lipinski definition) is 2. The number of nitrogens with one attached hydrogen (secondary N) is 1. The average molecular weight is 200 g/mol. The minimum Gasteiger partial charge on any atom is -0.330 e. The van der Waals surface area contributed by atoms with Crippen LogP contribution in [0.5, 0.6) is 0 Å². The number of benzene rings is 1. The van der Waals surface area contributed by atoms with E-state index in [1.54, 1.807) is 0 Å². The van der Waals surface area contributed by atoms with Crippen LogP contribution in [0.1, 0.15) is 11.1 Å². The van der Waals surface area contributed by atoms with Gasteiger partial charge >= 0.3 is 0 Å². The van der Waals surface area contributed by atoms with E-state index in [1.165, 1.54) is 5.56 Å². The van der Waals surface area contributed by atoms with Gasteiger partial charge in [-0.2, -0.15) is 0 Å². The zero-order valence-corrected chi connectivity index (χ0v) is 9.09. The van der Waals surface area contributed by atoms with Gasteiger partial charge in [0.2, 0.25) is 0 Å². The summed E-state index contributed by atoms with van der Waals surface area (Å²) >= 11 is 0. The molecule has 1 aromatic rings. The lowest BCUT2D eigenvalue weighted by Gasteiger charge is -2.23. The molecule has 2 heteroatoms. The summed E-state index contributed by atoms with van der Waals surface area (Å²) in [4.78, 5) is 2.18. The van der Waals surface area contributed by atoms with Gasteiger partial charge in [0.15, 0.2) is 0 Å². The Kier molecular flexibility index (Phi) is 3.26. The Morgan fingerprint density at radius 1 is 1.20 bits per heavy atom. The van der Waals surface area contributed by atoms with Crippen LogP contribution in [0.3, 0.4) is 0 Å². The lowest BCUT2D eigenvalue weighted by Crippen LogP contribution is -2.40. The molecule has 0 unspecified atom stereocenters. The van der Waals surface area contributed by atoms with Gasteiger partial charge in [0.25, 0.3) is 0 Å². The molecule has 15 heavy (non-hydrogen) atoms. The topological polar surface area (TPSA) is 15.3 Å². The summed E-state index contributed by atoms with van der Waals surface area (Å²) in [6, 6.07) is 11.5. The summed E-state index contributed by atoms with van der Waals surface area (Å²) in [5.74, 6) is 3.23. The standard InChI is InChI=1S/C13H16N2/c1-12-4-2-3-5-13(12)6-9-15-10-7-14-8-11-15/h2-5,14H,7-8,10-11H2,1H3. The first-order chi connectivity index (χ1) is 7.36. The summed E-state index contributed by atoms with van der Waals surface area (Å²) in [6.45, 7) is 6.24. The van der Waals surface area contributed by atoms with Gasteiger partial charge in [-0.25, -0.2) is 0 Å². The van der Waals surface area contributed by atoms with Gasteiger partial charge in [-0.3, -0.25) is 0 Å². The first-order valence-corrected chi connectivity index (χ1v) is 5.39. The van der Waals surface area contributed by atoms with Crippen LogP contribution in [0, 0.1) is 18.9 Å². The van der Waals surface area contributed by atoms with Gasteiger partial charge < -0.3 is 10.2 Å². The van der Waals surface area contributed by atoms with E-state index in [0.717, 1.165) is 31.7 Å². The van der Waals surface area contributed by atoms with E-state index in [9.17, 15) is 0 Å². The Labute approximate surface area is 91.3 Å². The molecule has 0 amide bonds. The van der Waals surface area contributed by atoms with Crippen LogP contribution in [0.2, 0.25) is 0 Å². The van der Waals surface area contributed by atoms with Crippen molar-refractivity contribution < 1.29 is 0 Å². The smallest absolute Gasteiger partial charge is 0.0386 e. The third kappa shape index (κ3) is 2.74. The van der Waals surface area contributed by atoms with Crippen LogP contribution in [0.25, 0.3) is 0 Å². The Morgan fingerprint density at radius 3 is 2.67 bits per heavy atom. The van der Waals surface area contributed by atoms with Crippen molar-refractivity contribution in [2.24, 2.45) is 0 Å². The molecule has 0 aliphatic carbocycles. The van der Waals surface area contributed by atoms with Gasteiger partial charge in [0, 0.05) is 37.8 Å². The molecule has 1 saturated heterocycles. The van der Waals surface area contributed by atoms with E-state index in [2.05, 4.69) is 41.2 Å². The van der Waals surface area contributed by atoms with Crippen LogP contribution in [-0.2, 0) is 0 Å².